The standard InChI is InChI=1S/C19H20ClN5O3S/c1-2-7-25-17(26)15-14(21-19(25)28)16(29-22-15)18(27)24-10-8-23(9-11-24)13-5-3-12(20)4-6-13/h3-6H,2,7-11H2,1H3,(H,21,28). The molecule has 2 aromatic heterocycles. The number of nitrogens with zero attached hydrogens (tertiary/aromatic N) is 4. The van der Waals surface area contributed by atoms with Gasteiger partial charge >= 0.3 is 5.69 Å². The average molecular weight is 434 g/mol. The van der Waals surface area contributed by atoms with Gasteiger partial charge < -0.3 is 14.8 Å². The summed E-state index contributed by atoms with van der Waals surface area (Å²) in [4.78, 5) is 44.7. The van der Waals surface area contributed by atoms with Crippen LogP contribution in [0.5, 0.6) is 0 Å². The predicted molar refractivity (Wildman–Crippen MR) is 114 cm³/mol. The SMILES string of the molecule is CCCn1c(=O)[nH]c2c(C(=O)N3CCN(c4ccc(Cl)cc4)CC3)snc2c1=O. The Morgan fingerprint density at radius 1 is 1.17 bits per heavy atom. The molecule has 0 aliphatic carbocycles. The smallest absolute Gasteiger partial charge is 0.328 e. The van der Waals surface area contributed by atoms with Crippen LogP contribution in [0.4, 0.5) is 5.69 Å². The van der Waals surface area contributed by atoms with Crippen LogP contribution in [0, 0.1) is 0 Å². The lowest BCUT2D eigenvalue weighted by molar-refractivity contribution is 0.0753. The normalized spacial score (nSPS) is 14.6. The van der Waals surface area contributed by atoms with Gasteiger partial charge in [0.2, 0.25) is 0 Å². The van der Waals surface area contributed by atoms with Gasteiger partial charge in [-0.05, 0) is 42.2 Å². The lowest BCUT2D eigenvalue weighted by atomic mass is 10.2. The molecule has 1 amide bonds. The third-order valence-corrected chi connectivity index (χ3v) is 6.10. The van der Waals surface area contributed by atoms with Crippen LogP contribution in [0.3, 0.4) is 0 Å². The number of halogens is 1. The van der Waals surface area contributed by atoms with E-state index in [9.17, 15) is 14.4 Å². The summed E-state index contributed by atoms with van der Waals surface area (Å²) in [5, 5.41) is 0.687. The molecule has 1 fully saturated rings. The number of piperazine rings is 1. The summed E-state index contributed by atoms with van der Waals surface area (Å²) < 4.78 is 5.28. The Kier molecular flexibility index (Phi) is 5.42. The molecule has 152 valence electrons. The van der Waals surface area contributed by atoms with Crippen molar-refractivity contribution in [3.8, 4) is 0 Å². The first-order valence-corrected chi connectivity index (χ1v) is 10.6. The average Bonchev–Trinajstić information content (AvgIpc) is 3.15. The quantitative estimate of drug-likeness (QED) is 0.680. The third kappa shape index (κ3) is 3.67. The Morgan fingerprint density at radius 2 is 1.86 bits per heavy atom. The molecular formula is C19H20ClN5O3S. The largest absolute Gasteiger partial charge is 0.368 e. The number of hydrogen-bond donors (Lipinski definition) is 1. The molecule has 1 aromatic carbocycles. The van der Waals surface area contributed by atoms with Gasteiger partial charge in [0.05, 0.1) is 5.52 Å². The number of rotatable bonds is 4. The monoisotopic (exact) mass is 433 g/mol. The summed E-state index contributed by atoms with van der Waals surface area (Å²) in [6.45, 7) is 4.65. The van der Waals surface area contributed by atoms with Gasteiger partial charge in [-0.1, -0.05) is 18.5 Å². The minimum Gasteiger partial charge on any atom is -0.368 e. The van der Waals surface area contributed by atoms with Crippen molar-refractivity contribution in [3.63, 3.8) is 0 Å². The number of amides is 1. The van der Waals surface area contributed by atoms with Gasteiger partial charge in [-0.3, -0.25) is 14.2 Å². The Morgan fingerprint density at radius 3 is 2.52 bits per heavy atom. The second-order valence-electron chi connectivity index (χ2n) is 6.88. The topological polar surface area (TPSA) is 91.3 Å². The number of hydrogen-bond acceptors (Lipinski definition) is 6. The molecule has 29 heavy (non-hydrogen) atoms. The molecule has 3 aromatic rings. The molecule has 1 saturated heterocycles. The zero-order valence-electron chi connectivity index (χ0n) is 15.9. The zero-order valence-corrected chi connectivity index (χ0v) is 17.4. The third-order valence-electron chi connectivity index (χ3n) is 5.02. The lowest BCUT2D eigenvalue weighted by Gasteiger charge is -2.35. The van der Waals surface area contributed by atoms with E-state index in [1.54, 1.807) is 4.90 Å². The van der Waals surface area contributed by atoms with Gasteiger partial charge in [-0.25, -0.2) is 4.79 Å². The fourth-order valence-corrected chi connectivity index (χ4v) is 4.41. The molecule has 4 rings (SSSR count). The van der Waals surface area contributed by atoms with E-state index in [4.69, 9.17) is 11.6 Å². The van der Waals surface area contributed by atoms with Crippen LogP contribution >= 0.6 is 23.1 Å². The van der Waals surface area contributed by atoms with Crippen molar-refractivity contribution in [2.75, 3.05) is 31.1 Å². The maximum Gasteiger partial charge on any atom is 0.328 e. The molecule has 0 unspecified atom stereocenters. The molecule has 0 radical (unpaired) electrons. The van der Waals surface area contributed by atoms with Crippen LogP contribution in [0.1, 0.15) is 23.0 Å². The molecule has 1 aliphatic heterocycles. The van der Waals surface area contributed by atoms with Gasteiger partial charge in [0.1, 0.15) is 4.88 Å². The minimum atomic E-state index is -0.508. The maximum absolute atomic E-state index is 13.0. The summed E-state index contributed by atoms with van der Waals surface area (Å²) in [6.07, 6.45) is 0.655. The zero-order chi connectivity index (χ0) is 20.5. The number of nitrogens with one attached hydrogen (secondary N) is 1. The van der Waals surface area contributed by atoms with Crippen LogP contribution in [0.15, 0.2) is 33.9 Å². The van der Waals surface area contributed by atoms with Gasteiger partial charge in [0.15, 0.2) is 5.52 Å². The first-order valence-electron chi connectivity index (χ1n) is 9.42. The van der Waals surface area contributed by atoms with E-state index < -0.39 is 11.2 Å². The van der Waals surface area contributed by atoms with Crippen LogP contribution in [0.2, 0.25) is 5.02 Å². The molecule has 10 heteroatoms. The summed E-state index contributed by atoms with van der Waals surface area (Å²) in [6, 6.07) is 7.62. The highest BCUT2D eigenvalue weighted by atomic mass is 35.5. The number of fused-ring (bicyclic) bond motifs is 1. The van der Waals surface area contributed by atoms with Gasteiger partial charge in [-0.15, -0.1) is 0 Å². The molecule has 8 nitrogen and oxygen atoms in total. The van der Waals surface area contributed by atoms with Crippen LogP contribution in [0.25, 0.3) is 11.0 Å². The van der Waals surface area contributed by atoms with Crippen LogP contribution in [-0.2, 0) is 6.54 Å². The van der Waals surface area contributed by atoms with E-state index >= 15 is 0 Å². The van der Waals surface area contributed by atoms with E-state index in [1.165, 1.54) is 0 Å². The van der Waals surface area contributed by atoms with Crippen molar-refractivity contribution in [1.29, 1.82) is 0 Å². The van der Waals surface area contributed by atoms with Crippen molar-refractivity contribution < 1.29 is 4.79 Å². The highest BCUT2D eigenvalue weighted by molar-refractivity contribution is 7.09. The van der Waals surface area contributed by atoms with E-state index in [1.807, 2.05) is 31.2 Å². The maximum atomic E-state index is 13.0. The van der Waals surface area contributed by atoms with Crippen molar-refractivity contribution in [2.24, 2.45) is 0 Å². The second kappa shape index (κ2) is 8.00. The molecule has 0 saturated carbocycles. The first kappa shape index (κ1) is 19.7. The molecule has 1 aliphatic rings. The lowest BCUT2D eigenvalue weighted by Crippen LogP contribution is -2.48. The highest BCUT2D eigenvalue weighted by Gasteiger charge is 2.27. The van der Waals surface area contributed by atoms with E-state index in [0.29, 0.717) is 49.0 Å². The van der Waals surface area contributed by atoms with E-state index in [2.05, 4.69) is 14.3 Å². The predicted octanol–water partition coefficient (Wildman–Crippen LogP) is 2.17. The summed E-state index contributed by atoms with van der Waals surface area (Å²) in [5.74, 6) is -0.212. The fraction of sp³-hybridized carbons (Fsp3) is 0.368. The molecule has 0 bridgehead atoms. The van der Waals surface area contributed by atoms with Crippen molar-refractivity contribution >= 4 is 45.8 Å². The van der Waals surface area contributed by atoms with Gasteiger partial charge in [-0.2, -0.15) is 4.37 Å². The Hall–Kier alpha value is -2.65. The Balaban J connectivity index is 1.55. The molecule has 0 spiro atoms. The number of anilines is 1. The second-order valence-corrected chi connectivity index (χ2v) is 8.09. The van der Waals surface area contributed by atoms with Crippen LogP contribution < -0.4 is 16.1 Å². The summed E-state index contributed by atoms with van der Waals surface area (Å²) in [5.41, 5.74) is 0.485. The number of carbonyl (C=O) groups excluding carboxylic acids is 1. The number of carbonyl (C=O) groups is 1. The van der Waals surface area contributed by atoms with Crippen molar-refractivity contribution in [2.45, 2.75) is 19.9 Å². The van der Waals surface area contributed by atoms with Crippen molar-refractivity contribution in [1.82, 2.24) is 18.8 Å². The highest BCUT2D eigenvalue weighted by Crippen LogP contribution is 2.22. The molecule has 1 N–H and O–H groups in total. The molecular weight excluding hydrogens is 414 g/mol. The minimum absolute atomic E-state index is 0.145. The Bertz CT molecular complexity index is 1160. The molecule has 3 heterocycles. The van der Waals surface area contributed by atoms with Gasteiger partial charge in [0.25, 0.3) is 11.5 Å². The number of aromatic amines is 1. The number of aromatic nitrogens is 3. The fourth-order valence-electron chi connectivity index (χ4n) is 3.48. The van der Waals surface area contributed by atoms with E-state index in [-0.39, 0.29) is 16.9 Å². The Labute approximate surface area is 175 Å². The number of benzene rings is 1. The van der Waals surface area contributed by atoms with E-state index in [0.717, 1.165) is 21.8 Å². The summed E-state index contributed by atoms with van der Waals surface area (Å²) >= 11 is 6.90. The first-order chi connectivity index (χ1) is 14.0. The molecule has 0 atom stereocenters. The van der Waals surface area contributed by atoms with Gasteiger partial charge in [0, 0.05) is 43.4 Å². The van der Waals surface area contributed by atoms with Crippen LogP contribution in [-0.4, -0.2) is 50.9 Å². The number of H-pyrrole nitrogens is 1. The summed E-state index contributed by atoms with van der Waals surface area (Å²) in [7, 11) is 0. The van der Waals surface area contributed by atoms with Crippen molar-refractivity contribution in [3.05, 3.63) is 55.0 Å².